The summed E-state index contributed by atoms with van der Waals surface area (Å²) in [5.74, 6) is -0.153. The summed E-state index contributed by atoms with van der Waals surface area (Å²) in [6, 6.07) is 21.7. The lowest BCUT2D eigenvalue weighted by molar-refractivity contribution is -0.160. The summed E-state index contributed by atoms with van der Waals surface area (Å²) < 4.78 is 6.14. The molecule has 1 aromatic heterocycles. The van der Waals surface area contributed by atoms with Gasteiger partial charge in [0.1, 0.15) is 16.3 Å². The highest BCUT2D eigenvalue weighted by molar-refractivity contribution is 8.04. The van der Waals surface area contributed by atoms with Crippen molar-refractivity contribution in [1.82, 2.24) is 4.98 Å². The highest BCUT2D eigenvalue weighted by atomic mass is 32.2. The minimum Gasteiger partial charge on any atom is -0.511 e. The number of aliphatic hydroxyl groups excluding tert-OH is 1. The Morgan fingerprint density at radius 2 is 1.75 bits per heavy atom. The molecule has 2 heterocycles. The van der Waals surface area contributed by atoms with Crippen LogP contribution in [0.5, 0.6) is 0 Å². The maximum absolute atomic E-state index is 13.2. The van der Waals surface area contributed by atoms with Gasteiger partial charge in [0.25, 0.3) is 0 Å². The second kappa shape index (κ2) is 9.61. The van der Waals surface area contributed by atoms with E-state index < -0.39 is 11.6 Å². The van der Waals surface area contributed by atoms with Crippen LogP contribution in [0, 0.1) is 0 Å². The predicted molar refractivity (Wildman–Crippen MR) is 127 cm³/mol. The molecule has 0 saturated carbocycles. The molecule has 0 amide bonds. The van der Waals surface area contributed by atoms with E-state index in [1.165, 1.54) is 17.3 Å². The van der Waals surface area contributed by atoms with Crippen molar-refractivity contribution in [2.75, 3.05) is 0 Å². The van der Waals surface area contributed by atoms with Crippen molar-refractivity contribution >= 4 is 17.7 Å². The van der Waals surface area contributed by atoms with Gasteiger partial charge in [0.05, 0.1) is 6.42 Å². The molecule has 0 saturated heterocycles. The zero-order chi connectivity index (χ0) is 22.6. The molecule has 164 valence electrons. The van der Waals surface area contributed by atoms with Gasteiger partial charge in [-0.1, -0.05) is 86.3 Å². The molecule has 1 aliphatic heterocycles. The van der Waals surface area contributed by atoms with Crippen LogP contribution in [-0.4, -0.2) is 16.1 Å². The van der Waals surface area contributed by atoms with Crippen LogP contribution in [0.1, 0.15) is 49.3 Å². The fraction of sp³-hybridized carbons (Fsp3) is 0.259. The second-order valence-electron chi connectivity index (χ2n) is 8.36. The predicted octanol–water partition coefficient (Wildman–Crippen LogP) is 6.54. The zero-order valence-corrected chi connectivity index (χ0v) is 19.1. The third-order valence-electron chi connectivity index (χ3n) is 5.79. The van der Waals surface area contributed by atoms with E-state index in [2.05, 4.69) is 31.0 Å². The van der Waals surface area contributed by atoms with Crippen molar-refractivity contribution < 1.29 is 14.6 Å². The number of nitrogens with zero attached hydrogens (tertiary/aromatic N) is 1. The lowest BCUT2D eigenvalue weighted by Gasteiger charge is -2.37. The number of thioether (sulfide) groups is 1. The molecule has 0 radical (unpaired) electrons. The summed E-state index contributed by atoms with van der Waals surface area (Å²) in [7, 11) is 0. The number of carbonyl (C=O) groups excluding carboxylic acids is 1. The number of benzene rings is 2. The summed E-state index contributed by atoms with van der Waals surface area (Å²) in [6.45, 7) is 4.16. The summed E-state index contributed by atoms with van der Waals surface area (Å²) in [6.07, 6.45) is 5.09. The fourth-order valence-electron chi connectivity index (χ4n) is 4.04. The molecular formula is C27H27NO3S. The highest BCUT2D eigenvalue weighted by Crippen LogP contribution is 2.45. The number of rotatable bonds is 7. The van der Waals surface area contributed by atoms with Gasteiger partial charge in [-0.2, -0.15) is 0 Å². The number of aromatic nitrogens is 1. The van der Waals surface area contributed by atoms with Crippen LogP contribution in [0.2, 0.25) is 0 Å². The average Bonchev–Trinajstić information content (AvgIpc) is 2.81. The molecule has 1 atom stereocenters. The van der Waals surface area contributed by atoms with E-state index in [4.69, 9.17) is 4.74 Å². The van der Waals surface area contributed by atoms with Crippen LogP contribution in [0.25, 0.3) is 0 Å². The number of aryl methyl sites for hydroxylation is 1. The number of esters is 1. The Morgan fingerprint density at radius 3 is 2.41 bits per heavy atom. The van der Waals surface area contributed by atoms with Crippen LogP contribution in [0.4, 0.5) is 0 Å². The van der Waals surface area contributed by atoms with Gasteiger partial charge in [-0.25, -0.2) is 4.79 Å². The number of hydrogen-bond acceptors (Lipinski definition) is 5. The fourth-order valence-corrected chi connectivity index (χ4v) is 5.11. The minimum atomic E-state index is -0.901. The van der Waals surface area contributed by atoms with Crippen LogP contribution < -0.4 is 0 Å². The number of aliphatic hydroxyl groups is 1. The first-order valence-electron chi connectivity index (χ1n) is 10.9. The van der Waals surface area contributed by atoms with Gasteiger partial charge in [0.2, 0.25) is 0 Å². The molecular weight excluding hydrogens is 418 g/mol. The smallest absolute Gasteiger partial charge is 0.349 e. The van der Waals surface area contributed by atoms with Gasteiger partial charge in [0.15, 0.2) is 0 Å². The van der Waals surface area contributed by atoms with Gasteiger partial charge in [-0.05, 0) is 41.5 Å². The molecule has 4 rings (SSSR count). The largest absolute Gasteiger partial charge is 0.511 e. The van der Waals surface area contributed by atoms with Crippen molar-refractivity contribution in [3.63, 3.8) is 0 Å². The van der Waals surface area contributed by atoms with E-state index in [1.807, 2.05) is 60.8 Å². The van der Waals surface area contributed by atoms with Crippen molar-refractivity contribution in [3.8, 4) is 0 Å². The van der Waals surface area contributed by atoms with Crippen molar-refractivity contribution in [1.29, 1.82) is 0 Å². The molecule has 1 unspecified atom stereocenters. The Hall–Kier alpha value is -3.05. The quantitative estimate of drug-likeness (QED) is 0.418. The van der Waals surface area contributed by atoms with E-state index in [0.717, 1.165) is 22.4 Å². The van der Waals surface area contributed by atoms with Crippen LogP contribution in [0.3, 0.4) is 0 Å². The molecule has 1 N–H and O–H groups in total. The molecule has 3 aromatic rings. The first-order chi connectivity index (χ1) is 15.5. The van der Waals surface area contributed by atoms with Gasteiger partial charge in [-0.3, -0.25) is 4.98 Å². The zero-order valence-electron chi connectivity index (χ0n) is 18.3. The third-order valence-corrected chi connectivity index (χ3v) is 6.99. The van der Waals surface area contributed by atoms with Crippen LogP contribution in [0.15, 0.2) is 94.7 Å². The number of cyclic esters (lactones) is 1. The summed E-state index contributed by atoms with van der Waals surface area (Å²) in [5.41, 5.74) is 2.20. The minimum absolute atomic E-state index is 0.0784. The van der Waals surface area contributed by atoms with Gasteiger partial charge >= 0.3 is 5.97 Å². The van der Waals surface area contributed by atoms with Gasteiger partial charge < -0.3 is 9.84 Å². The third kappa shape index (κ3) is 4.73. The summed E-state index contributed by atoms with van der Waals surface area (Å²) in [5, 5.41) is 11.1. The normalized spacial score (nSPS) is 18.7. The molecule has 1 aliphatic rings. The van der Waals surface area contributed by atoms with Crippen molar-refractivity contribution in [2.45, 2.75) is 49.5 Å². The van der Waals surface area contributed by atoms with Crippen molar-refractivity contribution in [2.24, 2.45) is 0 Å². The first-order valence-corrected chi connectivity index (χ1v) is 11.7. The lowest BCUT2D eigenvalue weighted by atomic mass is 9.82. The number of hydrogen-bond donors (Lipinski definition) is 1. The van der Waals surface area contributed by atoms with Crippen LogP contribution >= 0.6 is 11.8 Å². The van der Waals surface area contributed by atoms with Gasteiger partial charge in [-0.15, -0.1) is 0 Å². The second-order valence-corrected chi connectivity index (χ2v) is 9.41. The molecule has 0 fully saturated rings. The first kappa shape index (κ1) is 22.2. The Balaban J connectivity index is 1.66. The molecule has 0 bridgehead atoms. The summed E-state index contributed by atoms with van der Waals surface area (Å²) in [4.78, 5) is 18.6. The molecule has 5 heteroatoms. The summed E-state index contributed by atoms with van der Waals surface area (Å²) >= 11 is 1.26. The number of ether oxygens (including phenoxy) is 1. The number of pyridine rings is 1. The van der Waals surface area contributed by atoms with E-state index >= 15 is 0 Å². The van der Waals surface area contributed by atoms with Crippen molar-refractivity contribution in [3.05, 3.63) is 106 Å². The molecule has 0 spiro atoms. The maximum Gasteiger partial charge on any atom is 0.349 e. The Bertz CT molecular complexity index is 1110. The molecule has 4 nitrogen and oxygen atoms in total. The van der Waals surface area contributed by atoms with E-state index in [9.17, 15) is 9.90 Å². The maximum atomic E-state index is 13.2. The standard InChI is InChI=1S/C27H27NO3S/c1-19(2)22-18-28-16-14-24(22)32-25-23(29)17-27(31-26(25)30,21-11-7-4-8-12-21)15-13-20-9-5-3-6-10-20/h3-12,14,16,18-19,29H,13,15,17H2,1-2H3. The molecule has 2 aromatic carbocycles. The van der Waals surface area contributed by atoms with E-state index in [-0.39, 0.29) is 23.0 Å². The Labute approximate surface area is 193 Å². The Kier molecular flexibility index (Phi) is 6.66. The monoisotopic (exact) mass is 445 g/mol. The molecule has 0 aliphatic carbocycles. The topological polar surface area (TPSA) is 59.4 Å². The highest BCUT2D eigenvalue weighted by Gasteiger charge is 2.43. The number of carbonyl (C=O) groups is 1. The SMILES string of the molecule is CC(C)c1cnccc1SC1=C(O)CC(CCc2ccccc2)(c2ccccc2)OC1=O. The van der Waals surface area contributed by atoms with E-state index in [1.54, 1.807) is 6.20 Å². The van der Waals surface area contributed by atoms with Gasteiger partial charge in [0, 0.05) is 17.3 Å². The van der Waals surface area contributed by atoms with Crippen LogP contribution in [-0.2, 0) is 21.6 Å². The Morgan fingerprint density at radius 1 is 1.06 bits per heavy atom. The van der Waals surface area contributed by atoms with E-state index in [0.29, 0.717) is 6.42 Å². The molecule has 32 heavy (non-hydrogen) atoms. The average molecular weight is 446 g/mol. The lowest BCUT2D eigenvalue weighted by Crippen LogP contribution is -2.38.